The predicted octanol–water partition coefficient (Wildman–Crippen LogP) is 8.55. The fourth-order valence-electron chi connectivity index (χ4n) is 3.92. The van der Waals surface area contributed by atoms with Crippen molar-refractivity contribution in [2.75, 3.05) is 13.2 Å². The van der Waals surface area contributed by atoms with Crippen LogP contribution in [0.4, 0.5) is 0 Å². The van der Waals surface area contributed by atoms with E-state index in [1.807, 2.05) is 0 Å². The summed E-state index contributed by atoms with van der Waals surface area (Å²) in [6.07, 6.45) is 23.6. The lowest BCUT2D eigenvalue weighted by Crippen LogP contribution is -2.15. The quantitative estimate of drug-likeness (QED) is 0.108. The maximum Gasteiger partial charge on any atom is 0.306 e. The van der Waals surface area contributed by atoms with Crippen LogP contribution in [-0.2, 0) is 19.1 Å². The average Bonchev–Trinajstić information content (AvgIpc) is 2.80. The largest absolute Gasteiger partial charge is 0.466 e. The summed E-state index contributed by atoms with van der Waals surface area (Å²) in [5.41, 5.74) is 0. The summed E-state index contributed by atoms with van der Waals surface area (Å²) in [6.45, 7) is 7.40. The van der Waals surface area contributed by atoms with Gasteiger partial charge in [0.2, 0.25) is 0 Å². The highest BCUT2D eigenvalue weighted by Gasteiger charge is 2.11. The summed E-state index contributed by atoms with van der Waals surface area (Å²) in [4.78, 5) is 23.4. The summed E-state index contributed by atoms with van der Waals surface area (Å²) >= 11 is 0. The summed E-state index contributed by atoms with van der Waals surface area (Å²) < 4.78 is 10.5. The van der Waals surface area contributed by atoms with Crippen LogP contribution in [0.25, 0.3) is 0 Å². The number of ether oxygens (including phenoxy) is 2. The first-order valence-corrected chi connectivity index (χ1v) is 13.9. The first-order chi connectivity index (χ1) is 15.6. The Bertz CT molecular complexity index is 418. The number of hydrogen-bond donors (Lipinski definition) is 0. The molecule has 4 nitrogen and oxygen atoms in total. The van der Waals surface area contributed by atoms with Gasteiger partial charge in [0.05, 0.1) is 26.1 Å². The van der Waals surface area contributed by atoms with Gasteiger partial charge in [0.25, 0.3) is 0 Å². The monoisotopic (exact) mass is 454 g/mol. The minimum atomic E-state index is -0.295. The number of hydrogen-bond acceptors (Lipinski definition) is 4. The summed E-state index contributed by atoms with van der Waals surface area (Å²) in [5.74, 6) is -0.164. The van der Waals surface area contributed by atoms with E-state index in [1.54, 1.807) is 0 Å². The zero-order valence-corrected chi connectivity index (χ0v) is 21.8. The molecule has 0 amide bonds. The highest BCUT2D eigenvalue weighted by Crippen LogP contribution is 2.14. The number of carbonyl (C=O) groups is 2. The van der Waals surface area contributed by atoms with Gasteiger partial charge in [-0.05, 0) is 12.3 Å². The molecule has 0 saturated heterocycles. The Labute approximate surface area is 199 Å². The standard InChI is InChI=1S/C28H54O4/c1-4-7-8-9-10-11-12-13-14-15-16-17-18-19-20-21-24-31-27(29)22-23-28(30)32-25-26(5-2)6-3/h26H,4-25H2,1-3H3. The molecule has 0 radical (unpaired) electrons. The molecule has 4 heteroatoms. The Kier molecular flexibility index (Phi) is 23.8. The molecule has 0 saturated carbocycles. The second-order valence-electron chi connectivity index (χ2n) is 9.39. The van der Waals surface area contributed by atoms with Crippen molar-refractivity contribution < 1.29 is 19.1 Å². The Balaban J connectivity index is 3.29. The molecule has 0 aliphatic heterocycles. The second-order valence-corrected chi connectivity index (χ2v) is 9.39. The van der Waals surface area contributed by atoms with Gasteiger partial charge in [-0.1, -0.05) is 130 Å². The summed E-state index contributed by atoms with van der Waals surface area (Å²) in [6, 6.07) is 0. The van der Waals surface area contributed by atoms with E-state index >= 15 is 0 Å². The molecule has 0 rings (SSSR count). The van der Waals surface area contributed by atoms with Crippen LogP contribution >= 0.6 is 0 Å². The molecule has 0 spiro atoms. The van der Waals surface area contributed by atoms with Crippen molar-refractivity contribution in [2.45, 2.75) is 149 Å². The van der Waals surface area contributed by atoms with Gasteiger partial charge in [-0.15, -0.1) is 0 Å². The van der Waals surface area contributed by atoms with Crippen molar-refractivity contribution in [2.24, 2.45) is 5.92 Å². The molecule has 0 heterocycles. The fourth-order valence-corrected chi connectivity index (χ4v) is 3.92. The Hall–Kier alpha value is -1.06. The normalized spacial score (nSPS) is 11.1. The Morgan fingerprint density at radius 1 is 0.531 bits per heavy atom. The number of unbranched alkanes of at least 4 members (excludes halogenated alkanes) is 15. The van der Waals surface area contributed by atoms with Crippen molar-refractivity contribution in [3.63, 3.8) is 0 Å². The molecule has 0 atom stereocenters. The van der Waals surface area contributed by atoms with Crippen LogP contribution in [0.1, 0.15) is 149 Å². The number of rotatable bonds is 24. The van der Waals surface area contributed by atoms with E-state index in [9.17, 15) is 9.59 Å². The predicted molar refractivity (Wildman–Crippen MR) is 135 cm³/mol. The van der Waals surface area contributed by atoms with Crippen LogP contribution in [0.3, 0.4) is 0 Å². The van der Waals surface area contributed by atoms with E-state index in [2.05, 4.69) is 20.8 Å². The van der Waals surface area contributed by atoms with Gasteiger partial charge in [0.15, 0.2) is 0 Å². The lowest BCUT2D eigenvalue weighted by atomic mass is 10.0. The van der Waals surface area contributed by atoms with Crippen LogP contribution in [0.2, 0.25) is 0 Å². The van der Waals surface area contributed by atoms with E-state index in [0.717, 1.165) is 25.7 Å². The maximum absolute atomic E-state index is 11.7. The fraction of sp³-hybridized carbons (Fsp3) is 0.929. The van der Waals surface area contributed by atoms with E-state index in [4.69, 9.17) is 9.47 Å². The second kappa shape index (κ2) is 24.6. The molecule has 0 aromatic carbocycles. The lowest BCUT2D eigenvalue weighted by Gasteiger charge is -2.12. The minimum Gasteiger partial charge on any atom is -0.466 e. The van der Waals surface area contributed by atoms with Crippen molar-refractivity contribution in [3.05, 3.63) is 0 Å². The van der Waals surface area contributed by atoms with Gasteiger partial charge in [0.1, 0.15) is 0 Å². The molecule has 0 aliphatic carbocycles. The third-order valence-corrected chi connectivity index (χ3v) is 6.43. The molecule has 190 valence electrons. The van der Waals surface area contributed by atoms with Gasteiger partial charge in [0, 0.05) is 0 Å². The van der Waals surface area contributed by atoms with Gasteiger partial charge >= 0.3 is 11.9 Å². The van der Waals surface area contributed by atoms with E-state index < -0.39 is 0 Å². The molecule has 0 aliphatic rings. The number of carbonyl (C=O) groups excluding carboxylic acids is 2. The lowest BCUT2D eigenvalue weighted by molar-refractivity contribution is -0.151. The zero-order chi connectivity index (χ0) is 23.7. The first-order valence-electron chi connectivity index (χ1n) is 13.9. The van der Waals surface area contributed by atoms with Crippen molar-refractivity contribution in [1.82, 2.24) is 0 Å². The van der Waals surface area contributed by atoms with Crippen LogP contribution in [-0.4, -0.2) is 25.2 Å². The first kappa shape index (κ1) is 30.9. The van der Waals surface area contributed by atoms with Crippen molar-refractivity contribution >= 4 is 11.9 Å². The van der Waals surface area contributed by atoms with Crippen molar-refractivity contribution in [3.8, 4) is 0 Å². The summed E-state index contributed by atoms with van der Waals surface area (Å²) in [5, 5.41) is 0. The van der Waals surface area contributed by atoms with Crippen LogP contribution in [0, 0.1) is 5.92 Å². The van der Waals surface area contributed by atoms with E-state index in [1.165, 1.54) is 89.9 Å². The smallest absolute Gasteiger partial charge is 0.306 e. The summed E-state index contributed by atoms with van der Waals surface area (Å²) in [7, 11) is 0. The van der Waals surface area contributed by atoms with E-state index in [0.29, 0.717) is 19.1 Å². The van der Waals surface area contributed by atoms with Crippen LogP contribution < -0.4 is 0 Å². The topological polar surface area (TPSA) is 52.6 Å². The van der Waals surface area contributed by atoms with Gasteiger partial charge in [-0.2, -0.15) is 0 Å². The molecule has 0 aromatic heterocycles. The molecule has 0 aromatic rings. The Morgan fingerprint density at radius 2 is 0.906 bits per heavy atom. The molecule has 0 unspecified atom stereocenters. The third-order valence-electron chi connectivity index (χ3n) is 6.43. The Morgan fingerprint density at radius 3 is 1.31 bits per heavy atom. The minimum absolute atomic E-state index is 0.123. The SMILES string of the molecule is CCCCCCCCCCCCCCCCCCOC(=O)CCC(=O)OCC(CC)CC. The zero-order valence-electron chi connectivity index (χ0n) is 21.8. The molecular formula is C28H54O4. The third kappa shape index (κ3) is 22.1. The number of esters is 2. The van der Waals surface area contributed by atoms with Crippen LogP contribution in [0.5, 0.6) is 0 Å². The molecule has 0 fully saturated rings. The molecule has 32 heavy (non-hydrogen) atoms. The highest BCUT2D eigenvalue weighted by atomic mass is 16.5. The molecular weight excluding hydrogens is 400 g/mol. The van der Waals surface area contributed by atoms with Gasteiger partial charge in [-0.3, -0.25) is 9.59 Å². The van der Waals surface area contributed by atoms with E-state index in [-0.39, 0.29) is 24.8 Å². The van der Waals surface area contributed by atoms with Crippen molar-refractivity contribution in [1.29, 1.82) is 0 Å². The average molecular weight is 455 g/mol. The maximum atomic E-state index is 11.7. The van der Waals surface area contributed by atoms with Crippen LogP contribution in [0.15, 0.2) is 0 Å². The van der Waals surface area contributed by atoms with Gasteiger partial charge in [-0.25, -0.2) is 0 Å². The molecule has 0 N–H and O–H groups in total. The highest BCUT2D eigenvalue weighted by molar-refractivity contribution is 5.77. The molecule has 0 bridgehead atoms. The van der Waals surface area contributed by atoms with Gasteiger partial charge < -0.3 is 9.47 Å².